The van der Waals surface area contributed by atoms with E-state index in [0.29, 0.717) is 11.3 Å². The summed E-state index contributed by atoms with van der Waals surface area (Å²) in [5, 5.41) is 19.5. The quantitative estimate of drug-likeness (QED) is 0.429. The third kappa shape index (κ3) is 2.62. The van der Waals surface area contributed by atoms with E-state index in [1.807, 2.05) is 6.07 Å². The van der Waals surface area contributed by atoms with Gasteiger partial charge >= 0.3 is 5.97 Å². The fourth-order valence-corrected chi connectivity index (χ4v) is 2.25. The fourth-order valence-electron chi connectivity index (χ4n) is 2.25. The van der Waals surface area contributed by atoms with Crippen molar-refractivity contribution < 1.29 is 24.2 Å². The molecule has 0 aliphatic heterocycles. The molecule has 0 amide bonds. The number of hydrogen-bond acceptors (Lipinski definition) is 6. The van der Waals surface area contributed by atoms with Gasteiger partial charge in [0.15, 0.2) is 16.9 Å². The Morgan fingerprint density at radius 3 is 2.48 bits per heavy atom. The second-order valence-electron chi connectivity index (χ2n) is 4.88. The van der Waals surface area contributed by atoms with Crippen LogP contribution in [0.15, 0.2) is 51.7 Å². The summed E-state index contributed by atoms with van der Waals surface area (Å²) in [6.07, 6.45) is 0. The van der Waals surface area contributed by atoms with E-state index < -0.39 is 28.6 Å². The molecule has 0 aliphatic carbocycles. The number of phenols is 2. The van der Waals surface area contributed by atoms with E-state index in [0.717, 1.165) is 13.0 Å². The van der Waals surface area contributed by atoms with Gasteiger partial charge in [0, 0.05) is 24.6 Å². The molecule has 2 N–H and O–H groups in total. The molecule has 3 rings (SSSR count). The fraction of sp³-hybridized carbons (Fsp3) is 0.0588. The van der Waals surface area contributed by atoms with Crippen molar-refractivity contribution in [3.63, 3.8) is 0 Å². The molecule has 0 spiro atoms. The van der Waals surface area contributed by atoms with E-state index in [-0.39, 0.29) is 11.0 Å². The van der Waals surface area contributed by atoms with Gasteiger partial charge in [0.25, 0.3) is 0 Å². The molecule has 23 heavy (non-hydrogen) atoms. The first kappa shape index (κ1) is 14.6. The topological polar surface area (TPSA) is 97.0 Å². The lowest BCUT2D eigenvalue weighted by atomic mass is 10.1. The molecule has 116 valence electrons. The summed E-state index contributed by atoms with van der Waals surface area (Å²) in [4.78, 5) is 23.6. The highest BCUT2D eigenvalue weighted by Crippen LogP contribution is 2.41. The molecule has 0 unspecified atom stereocenters. The van der Waals surface area contributed by atoms with Crippen LogP contribution in [0.3, 0.4) is 0 Å². The van der Waals surface area contributed by atoms with Crippen molar-refractivity contribution in [2.24, 2.45) is 0 Å². The summed E-state index contributed by atoms with van der Waals surface area (Å²) in [5.41, 5.74) is 0.174. The SMILES string of the molecule is CC(=O)Oc1c(O)c(O)cc2oc(-c3ccccc3)cc(=O)c12. The maximum absolute atomic E-state index is 12.4. The van der Waals surface area contributed by atoms with Crippen LogP contribution in [0.2, 0.25) is 0 Å². The lowest BCUT2D eigenvalue weighted by molar-refractivity contribution is -0.131. The zero-order chi connectivity index (χ0) is 16.6. The summed E-state index contributed by atoms with van der Waals surface area (Å²) in [6.45, 7) is 1.12. The smallest absolute Gasteiger partial charge is 0.308 e. The number of hydrogen-bond donors (Lipinski definition) is 2. The molecule has 0 aliphatic rings. The van der Waals surface area contributed by atoms with Gasteiger partial charge in [-0.25, -0.2) is 0 Å². The predicted octanol–water partition coefficient (Wildman–Crippen LogP) is 2.80. The summed E-state index contributed by atoms with van der Waals surface area (Å²) in [6, 6.07) is 11.3. The van der Waals surface area contributed by atoms with Gasteiger partial charge in [0.2, 0.25) is 5.75 Å². The summed E-state index contributed by atoms with van der Waals surface area (Å²) in [5.74, 6) is -2.10. The Bertz CT molecular complexity index is 956. The first-order valence-corrected chi connectivity index (χ1v) is 6.74. The van der Waals surface area contributed by atoms with Gasteiger partial charge in [0.1, 0.15) is 16.7 Å². The second kappa shape index (κ2) is 5.49. The Balaban J connectivity index is 2.33. The molecular formula is C17H12O6. The molecule has 0 atom stereocenters. The molecule has 0 saturated heterocycles. The van der Waals surface area contributed by atoms with Crippen molar-refractivity contribution in [3.8, 4) is 28.6 Å². The van der Waals surface area contributed by atoms with Crippen LogP contribution in [-0.2, 0) is 4.79 Å². The largest absolute Gasteiger partial charge is 0.504 e. The molecule has 6 nitrogen and oxygen atoms in total. The van der Waals surface area contributed by atoms with Crippen molar-refractivity contribution >= 4 is 16.9 Å². The minimum absolute atomic E-state index is 0.00269. The van der Waals surface area contributed by atoms with Crippen molar-refractivity contribution in [2.75, 3.05) is 0 Å². The van der Waals surface area contributed by atoms with Gasteiger partial charge in [-0.05, 0) is 0 Å². The van der Waals surface area contributed by atoms with Crippen LogP contribution in [0.5, 0.6) is 17.2 Å². The van der Waals surface area contributed by atoms with Gasteiger partial charge in [-0.1, -0.05) is 30.3 Å². The molecule has 0 saturated carbocycles. The van der Waals surface area contributed by atoms with Crippen LogP contribution in [0, 0.1) is 0 Å². The van der Waals surface area contributed by atoms with Crippen molar-refractivity contribution in [1.82, 2.24) is 0 Å². The van der Waals surface area contributed by atoms with Crippen molar-refractivity contribution in [2.45, 2.75) is 6.92 Å². The maximum Gasteiger partial charge on any atom is 0.308 e. The number of benzene rings is 2. The number of ether oxygens (including phenoxy) is 1. The van der Waals surface area contributed by atoms with Crippen molar-refractivity contribution in [1.29, 1.82) is 0 Å². The van der Waals surface area contributed by atoms with Crippen LogP contribution in [-0.4, -0.2) is 16.2 Å². The predicted molar refractivity (Wildman–Crippen MR) is 82.6 cm³/mol. The molecule has 1 heterocycles. The number of carbonyl (C=O) groups excluding carboxylic acids is 1. The lowest BCUT2D eigenvalue weighted by Crippen LogP contribution is -2.07. The minimum atomic E-state index is -0.737. The zero-order valence-corrected chi connectivity index (χ0v) is 12.1. The number of carbonyl (C=O) groups is 1. The van der Waals surface area contributed by atoms with Crippen LogP contribution in [0.1, 0.15) is 6.92 Å². The third-order valence-corrected chi connectivity index (χ3v) is 3.23. The lowest BCUT2D eigenvalue weighted by Gasteiger charge is -2.10. The minimum Gasteiger partial charge on any atom is -0.504 e. The van der Waals surface area contributed by atoms with E-state index in [9.17, 15) is 19.8 Å². The number of aromatic hydroxyl groups is 2. The van der Waals surface area contributed by atoms with Gasteiger partial charge in [-0.2, -0.15) is 0 Å². The summed E-state index contributed by atoms with van der Waals surface area (Å²) < 4.78 is 10.5. The maximum atomic E-state index is 12.4. The molecular weight excluding hydrogens is 300 g/mol. The molecule has 0 radical (unpaired) electrons. The van der Waals surface area contributed by atoms with E-state index >= 15 is 0 Å². The average Bonchev–Trinajstić information content (AvgIpc) is 2.52. The molecule has 0 bridgehead atoms. The third-order valence-electron chi connectivity index (χ3n) is 3.23. The Morgan fingerprint density at radius 1 is 1.13 bits per heavy atom. The highest BCUT2D eigenvalue weighted by Gasteiger charge is 2.20. The molecule has 0 fully saturated rings. The van der Waals surface area contributed by atoms with E-state index in [1.165, 1.54) is 6.07 Å². The van der Waals surface area contributed by atoms with Crippen LogP contribution < -0.4 is 10.2 Å². The Morgan fingerprint density at radius 2 is 1.83 bits per heavy atom. The van der Waals surface area contributed by atoms with Crippen molar-refractivity contribution in [3.05, 3.63) is 52.7 Å². The number of fused-ring (bicyclic) bond motifs is 1. The Kier molecular flexibility index (Phi) is 3.50. The van der Waals surface area contributed by atoms with E-state index in [2.05, 4.69) is 0 Å². The van der Waals surface area contributed by atoms with Crippen LogP contribution >= 0.6 is 0 Å². The monoisotopic (exact) mass is 312 g/mol. The van der Waals surface area contributed by atoms with Gasteiger partial charge in [-0.15, -0.1) is 0 Å². The van der Waals surface area contributed by atoms with E-state index in [1.54, 1.807) is 24.3 Å². The molecule has 6 heteroatoms. The van der Waals surface area contributed by atoms with Gasteiger partial charge in [-0.3, -0.25) is 9.59 Å². The summed E-state index contributed by atoms with van der Waals surface area (Å²) >= 11 is 0. The first-order chi connectivity index (χ1) is 11.0. The standard InChI is InChI=1S/C17H12O6/c1-9(18)22-17-15-11(19)7-13(10-5-3-2-4-6-10)23-14(15)8-12(20)16(17)21/h2-8,20-21H,1H3. The van der Waals surface area contributed by atoms with Gasteiger partial charge < -0.3 is 19.4 Å². The highest BCUT2D eigenvalue weighted by atomic mass is 16.5. The van der Waals surface area contributed by atoms with Gasteiger partial charge in [0.05, 0.1) is 0 Å². The average molecular weight is 312 g/mol. The Labute approximate surface area is 130 Å². The molecule has 2 aromatic carbocycles. The summed E-state index contributed by atoms with van der Waals surface area (Å²) in [7, 11) is 0. The number of esters is 1. The normalized spacial score (nSPS) is 10.7. The second-order valence-corrected chi connectivity index (χ2v) is 4.88. The first-order valence-electron chi connectivity index (χ1n) is 6.74. The zero-order valence-electron chi connectivity index (χ0n) is 12.1. The molecule has 3 aromatic rings. The van der Waals surface area contributed by atoms with Crippen LogP contribution in [0.25, 0.3) is 22.3 Å². The van der Waals surface area contributed by atoms with Crippen LogP contribution in [0.4, 0.5) is 0 Å². The Hall–Kier alpha value is -3.28. The van der Waals surface area contributed by atoms with E-state index in [4.69, 9.17) is 9.15 Å². The number of phenolic OH excluding ortho intramolecular Hbond substituents is 2. The number of rotatable bonds is 2. The molecule has 1 aromatic heterocycles. The highest BCUT2D eigenvalue weighted by molar-refractivity contribution is 5.91.